The van der Waals surface area contributed by atoms with E-state index in [1.54, 1.807) is 16.9 Å². The van der Waals surface area contributed by atoms with Crippen LogP contribution in [0.2, 0.25) is 0 Å². The smallest absolute Gasteiger partial charge is 0.269 e. The Hall–Kier alpha value is -1.94. The molecule has 0 aliphatic carbocycles. The molecular weight excluding hydrogens is 370 g/mol. The second-order valence-electron chi connectivity index (χ2n) is 7.53. The number of carbonyl (C=O) groups is 2. The fourth-order valence-electron chi connectivity index (χ4n) is 3.73. The molecule has 3 heterocycles. The number of amides is 2. The minimum absolute atomic E-state index is 0.0570. The monoisotopic (exact) mass is 397 g/mol. The van der Waals surface area contributed by atoms with E-state index in [1.807, 2.05) is 25.7 Å². The molecular formula is C17H27N5O4S. The minimum Gasteiger partial charge on any atom is -0.347 e. The van der Waals surface area contributed by atoms with E-state index in [0.29, 0.717) is 31.7 Å². The maximum Gasteiger partial charge on any atom is 0.269 e. The third kappa shape index (κ3) is 4.01. The summed E-state index contributed by atoms with van der Waals surface area (Å²) in [6.45, 7) is 7.24. The third-order valence-electron chi connectivity index (χ3n) is 5.02. The summed E-state index contributed by atoms with van der Waals surface area (Å²) in [7, 11) is -3.59. The number of carbonyl (C=O) groups excluding carboxylic acids is 2. The predicted octanol–water partition coefficient (Wildman–Crippen LogP) is -0.0963. The SMILES string of the molecule is CCn1nccc1C(=O)N[C@H]1C[C@H]2C(=O)N(CC(C)C)S(=O)(=O)CCN2C1. The van der Waals surface area contributed by atoms with Gasteiger partial charge < -0.3 is 5.32 Å². The Bertz CT molecular complexity index is 819. The van der Waals surface area contributed by atoms with Crippen LogP contribution in [-0.4, -0.2) is 76.7 Å². The average Bonchev–Trinajstić information content (AvgIpc) is 3.21. The van der Waals surface area contributed by atoms with Gasteiger partial charge in [-0.05, 0) is 25.3 Å². The lowest BCUT2D eigenvalue weighted by molar-refractivity contribution is -0.130. The summed E-state index contributed by atoms with van der Waals surface area (Å²) in [5.74, 6) is -0.625. The minimum atomic E-state index is -3.59. The van der Waals surface area contributed by atoms with Crippen LogP contribution in [0, 0.1) is 5.92 Å². The number of fused-ring (bicyclic) bond motifs is 1. The van der Waals surface area contributed by atoms with E-state index in [1.165, 1.54) is 0 Å². The number of aryl methyl sites for hydroxylation is 1. The summed E-state index contributed by atoms with van der Waals surface area (Å²) in [4.78, 5) is 27.3. The fraction of sp³-hybridized carbons (Fsp3) is 0.706. The number of hydrogen-bond donors (Lipinski definition) is 1. The van der Waals surface area contributed by atoms with Crippen molar-refractivity contribution in [3.8, 4) is 0 Å². The lowest BCUT2D eigenvalue weighted by Crippen LogP contribution is -2.45. The first-order chi connectivity index (χ1) is 12.7. The van der Waals surface area contributed by atoms with Crippen LogP contribution in [0.4, 0.5) is 0 Å². The van der Waals surface area contributed by atoms with Crippen LogP contribution in [0.1, 0.15) is 37.7 Å². The van der Waals surface area contributed by atoms with Crippen LogP contribution in [0.5, 0.6) is 0 Å². The molecule has 0 unspecified atom stereocenters. The second-order valence-corrected chi connectivity index (χ2v) is 9.54. The van der Waals surface area contributed by atoms with Gasteiger partial charge in [0.1, 0.15) is 5.69 Å². The van der Waals surface area contributed by atoms with Crippen molar-refractivity contribution in [3.05, 3.63) is 18.0 Å². The molecule has 2 aliphatic heterocycles. The van der Waals surface area contributed by atoms with Crippen molar-refractivity contribution >= 4 is 21.8 Å². The Kier molecular flexibility index (Phi) is 5.57. The number of aromatic nitrogens is 2. The molecule has 27 heavy (non-hydrogen) atoms. The highest BCUT2D eigenvalue weighted by Gasteiger charge is 2.45. The highest BCUT2D eigenvalue weighted by molar-refractivity contribution is 7.89. The van der Waals surface area contributed by atoms with Gasteiger partial charge in [-0.25, -0.2) is 12.7 Å². The molecule has 0 saturated carbocycles. The van der Waals surface area contributed by atoms with E-state index in [-0.39, 0.29) is 36.1 Å². The van der Waals surface area contributed by atoms with Crippen LogP contribution < -0.4 is 5.32 Å². The maximum absolute atomic E-state index is 12.9. The van der Waals surface area contributed by atoms with Gasteiger partial charge in [-0.15, -0.1) is 0 Å². The Morgan fingerprint density at radius 3 is 2.81 bits per heavy atom. The van der Waals surface area contributed by atoms with Crippen LogP contribution in [-0.2, 0) is 21.4 Å². The van der Waals surface area contributed by atoms with Crippen molar-refractivity contribution in [1.82, 2.24) is 24.3 Å². The number of nitrogens with zero attached hydrogens (tertiary/aromatic N) is 4. The summed E-state index contributed by atoms with van der Waals surface area (Å²) in [6.07, 6.45) is 1.99. The zero-order valence-electron chi connectivity index (χ0n) is 16.0. The molecule has 2 amide bonds. The van der Waals surface area contributed by atoms with E-state index in [9.17, 15) is 18.0 Å². The zero-order chi connectivity index (χ0) is 19.8. The maximum atomic E-state index is 12.9. The molecule has 0 spiro atoms. The first-order valence-electron chi connectivity index (χ1n) is 9.34. The summed E-state index contributed by atoms with van der Waals surface area (Å²) in [5.41, 5.74) is 0.481. The van der Waals surface area contributed by atoms with Gasteiger partial charge in [0.15, 0.2) is 0 Å². The lowest BCUT2D eigenvalue weighted by atomic mass is 10.1. The number of nitrogens with one attached hydrogen (secondary N) is 1. The first kappa shape index (κ1) is 19.8. The molecule has 9 nitrogen and oxygen atoms in total. The molecule has 1 aromatic rings. The third-order valence-corrected chi connectivity index (χ3v) is 6.72. The highest BCUT2D eigenvalue weighted by Crippen LogP contribution is 2.25. The summed E-state index contributed by atoms with van der Waals surface area (Å²) in [5, 5.41) is 7.07. The van der Waals surface area contributed by atoms with Crippen molar-refractivity contribution in [2.45, 2.75) is 45.8 Å². The van der Waals surface area contributed by atoms with Crippen LogP contribution >= 0.6 is 0 Å². The molecule has 0 bridgehead atoms. The van der Waals surface area contributed by atoms with Gasteiger partial charge in [-0.2, -0.15) is 5.10 Å². The Morgan fingerprint density at radius 1 is 1.41 bits per heavy atom. The van der Waals surface area contributed by atoms with E-state index >= 15 is 0 Å². The van der Waals surface area contributed by atoms with Gasteiger partial charge >= 0.3 is 0 Å². The summed E-state index contributed by atoms with van der Waals surface area (Å²) >= 11 is 0. The second kappa shape index (κ2) is 7.59. The Balaban J connectivity index is 1.72. The summed E-state index contributed by atoms with van der Waals surface area (Å²) < 4.78 is 27.6. The molecule has 0 aromatic carbocycles. The topological polar surface area (TPSA) is 105 Å². The molecule has 2 fully saturated rings. The highest BCUT2D eigenvalue weighted by atomic mass is 32.2. The molecule has 1 N–H and O–H groups in total. The summed E-state index contributed by atoms with van der Waals surface area (Å²) in [6, 6.07) is 0.949. The quantitative estimate of drug-likeness (QED) is 0.744. The van der Waals surface area contributed by atoms with Gasteiger partial charge in [-0.3, -0.25) is 19.2 Å². The molecule has 150 valence electrons. The largest absolute Gasteiger partial charge is 0.347 e. The van der Waals surface area contributed by atoms with Crippen molar-refractivity contribution in [1.29, 1.82) is 0 Å². The number of hydrogen-bond acceptors (Lipinski definition) is 6. The molecule has 2 atom stereocenters. The van der Waals surface area contributed by atoms with Gasteiger partial charge in [0.05, 0.1) is 11.8 Å². The molecule has 2 aliphatic rings. The van der Waals surface area contributed by atoms with Crippen molar-refractivity contribution in [2.24, 2.45) is 5.92 Å². The molecule has 1 aromatic heterocycles. The first-order valence-corrected chi connectivity index (χ1v) is 10.9. The average molecular weight is 398 g/mol. The van der Waals surface area contributed by atoms with Crippen LogP contribution in [0.15, 0.2) is 12.3 Å². The number of rotatable bonds is 5. The molecule has 3 rings (SSSR count). The van der Waals surface area contributed by atoms with E-state index in [0.717, 1.165) is 4.31 Å². The predicted molar refractivity (Wildman–Crippen MR) is 99.5 cm³/mol. The van der Waals surface area contributed by atoms with Gasteiger partial charge in [-0.1, -0.05) is 13.8 Å². The van der Waals surface area contributed by atoms with Gasteiger partial charge in [0.2, 0.25) is 10.0 Å². The van der Waals surface area contributed by atoms with Gasteiger partial charge in [0.25, 0.3) is 11.8 Å². The van der Waals surface area contributed by atoms with Crippen LogP contribution in [0.3, 0.4) is 0 Å². The molecule has 0 radical (unpaired) electrons. The van der Waals surface area contributed by atoms with Crippen LogP contribution in [0.25, 0.3) is 0 Å². The van der Waals surface area contributed by atoms with Crippen molar-refractivity contribution < 1.29 is 18.0 Å². The fourth-order valence-corrected chi connectivity index (χ4v) is 5.34. The lowest BCUT2D eigenvalue weighted by Gasteiger charge is -2.25. The van der Waals surface area contributed by atoms with E-state index in [2.05, 4.69) is 10.4 Å². The normalized spacial score (nSPS) is 25.5. The zero-order valence-corrected chi connectivity index (χ0v) is 16.8. The molecule has 2 saturated heterocycles. The van der Waals surface area contributed by atoms with E-state index < -0.39 is 16.1 Å². The standard InChI is InChI=1S/C17H27N5O4S/c1-4-21-14(5-6-18-21)16(23)19-13-9-15-17(24)22(10-12(2)3)27(25,26)8-7-20(15)11-13/h5-6,12-13,15H,4,7-11H2,1-3H3,(H,19,23)/t13-,15-/m0/s1. The number of sulfonamides is 1. The Morgan fingerprint density at radius 2 is 2.15 bits per heavy atom. The molecule has 10 heteroatoms. The van der Waals surface area contributed by atoms with Crippen molar-refractivity contribution in [2.75, 3.05) is 25.4 Å². The van der Waals surface area contributed by atoms with Gasteiger partial charge in [0, 0.05) is 38.4 Å². The van der Waals surface area contributed by atoms with E-state index in [4.69, 9.17) is 0 Å². The van der Waals surface area contributed by atoms with Crippen molar-refractivity contribution in [3.63, 3.8) is 0 Å². The Labute approximate surface area is 159 Å².